The number of likely N-dealkylation sites (N-methyl/N-ethyl adjacent to an activating group) is 1. The fourth-order valence-electron chi connectivity index (χ4n) is 10.8. The summed E-state index contributed by atoms with van der Waals surface area (Å²) in [5.74, 6) is 0.0911. The van der Waals surface area contributed by atoms with E-state index < -0.39 is 6.04 Å². The van der Waals surface area contributed by atoms with E-state index in [2.05, 4.69) is 101 Å². The SMILES string of the molecule is C\C=C(/C=C\C(=C(\C)CC)C(CCC)c1ccc2[nH]ncc2c1CCC)N1CCC2(CCN(C(=O)CN3Cc4cc5c(cc4C3)C(=O)N(C(CCC=O)C(=O)NC)C5)CC2)CC1. The number of H-pyrrole nitrogens is 1. The molecule has 2 saturated heterocycles. The van der Waals surface area contributed by atoms with Crippen molar-refractivity contribution in [1.82, 2.24) is 35.1 Å². The van der Waals surface area contributed by atoms with Crippen molar-refractivity contribution in [1.29, 1.82) is 0 Å². The molecule has 5 heterocycles. The molecule has 3 amide bonds. The number of piperidine rings is 2. The third kappa shape index (κ3) is 9.33. The van der Waals surface area contributed by atoms with Gasteiger partial charge in [-0.3, -0.25) is 24.4 Å². The minimum absolute atomic E-state index is 0.172. The molecular weight excluding hydrogens is 775 g/mol. The molecule has 0 bridgehead atoms. The summed E-state index contributed by atoms with van der Waals surface area (Å²) in [7, 11) is 1.55. The molecular formula is C51H69N7O4. The van der Waals surface area contributed by atoms with Crippen LogP contribution in [-0.4, -0.2) is 99.6 Å². The lowest BCUT2D eigenvalue weighted by Crippen LogP contribution is -2.49. The molecule has 11 nitrogen and oxygen atoms in total. The Bertz CT molecular complexity index is 2220. The molecule has 2 atom stereocenters. The van der Waals surface area contributed by atoms with Crippen LogP contribution in [0.15, 0.2) is 65.5 Å². The van der Waals surface area contributed by atoms with Gasteiger partial charge >= 0.3 is 0 Å². The van der Waals surface area contributed by atoms with Crippen molar-refractivity contribution in [3.8, 4) is 0 Å². The van der Waals surface area contributed by atoms with Gasteiger partial charge in [0.25, 0.3) is 5.91 Å². The first kappa shape index (κ1) is 45.0. The highest BCUT2D eigenvalue weighted by atomic mass is 16.2. The summed E-state index contributed by atoms with van der Waals surface area (Å²) >= 11 is 0. The van der Waals surface area contributed by atoms with Crippen LogP contribution < -0.4 is 5.32 Å². The molecule has 4 aliphatic heterocycles. The highest BCUT2D eigenvalue weighted by Crippen LogP contribution is 2.43. The van der Waals surface area contributed by atoms with Gasteiger partial charge in [-0.15, -0.1) is 0 Å². The van der Waals surface area contributed by atoms with Gasteiger partial charge in [0, 0.05) is 81.8 Å². The Morgan fingerprint density at radius 2 is 1.63 bits per heavy atom. The number of likely N-dealkylation sites (tertiary alicyclic amines) is 2. The Labute approximate surface area is 369 Å². The number of aldehydes is 1. The number of carbonyl (C=O) groups excluding carboxylic acids is 4. The summed E-state index contributed by atoms with van der Waals surface area (Å²) in [6.45, 7) is 17.0. The number of amides is 3. The van der Waals surface area contributed by atoms with Crippen molar-refractivity contribution in [2.45, 2.75) is 137 Å². The molecule has 11 heteroatoms. The average Bonchev–Trinajstić information content (AvgIpc) is 4.01. The van der Waals surface area contributed by atoms with Crippen LogP contribution >= 0.6 is 0 Å². The first-order valence-electron chi connectivity index (χ1n) is 23.4. The molecule has 7 rings (SSSR count). The standard InChI is InChI=1S/C51H69N7O4/c1-7-12-41(43-17-18-46-45(30-53-54-46)42(43)13-8-2)40(35(5)9-3)16-15-39(10-4)56-23-19-51(20-24-56)21-25-57(26-22-51)48(60)34-55-31-36-28-38-33-58(47(14-11-27-59)49(61)52-6)50(62)44(38)29-37(36)32-55/h10,15-18,27-30,41,47H,7-9,11-14,19-26,31-34H2,1-6H3,(H,52,61)(H,53,54)/b16-15-,39-10+,40-35+. The zero-order valence-corrected chi connectivity index (χ0v) is 38.2. The summed E-state index contributed by atoms with van der Waals surface area (Å²) in [5.41, 5.74) is 12.2. The summed E-state index contributed by atoms with van der Waals surface area (Å²) < 4.78 is 0. The number of hydrogen-bond acceptors (Lipinski definition) is 7. The molecule has 2 fully saturated rings. The lowest BCUT2D eigenvalue weighted by molar-refractivity contribution is -0.135. The van der Waals surface area contributed by atoms with Gasteiger partial charge in [0.05, 0.1) is 18.3 Å². The van der Waals surface area contributed by atoms with Crippen molar-refractivity contribution < 1.29 is 19.2 Å². The van der Waals surface area contributed by atoms with Gasteiger partial charge < -0.3 is 24.8 Å². The predicted molar refractivity (Wildman–Crippen MR) is 246 cm³/mol. The predicted octanol–water partition coefficient (Wildman–Crippen LogP) is 8.36. The van der Waals surface area contributed by atoms with Crippen LogP contribution in [0.2, 0.25) is 0 Å². The maximum Gasteiger partial charge on any atom is 0.255 e. The Morgan fingerprint density at radius 1 is 0.919 bits per heavy atom. The molecule has 0 aliphatic carbocycles. The fourth-order valence-corrected chi connectivity index (χ4v) is 10.8. The van der Waals surface area contributed by atoms with Gasteiger partial charge in [-0.2, -0.15) is 5.10 Å². The Balaban J connectivity index is 0.928. The molecule has 332 valence electrons. The number of aryl methyl sites for hydroxylation is 1. The highest BCUT2D eigenvalue weighted by molar-refractivity contribution is 6.01. The van der Waals surface area contributed by atoms with Crippen molar-refractivity contribution in [3.63, 3.8) is 0 Å². The van der Waals surface area contributed by atoms with Crippen molar-refractivity contribution >= 4 is 34.9 Å². The molecule has 2 unspecified atom stereocenters. The number of benzene rings is 2. The summed E-state index contributed by atoms with van der Waals surface area (Å²) in [5, 5.41) is 11.5. The average molecular weight is 844 g/mol. The monoisotopic (exact) mass is 844 g/mol. The minimum atomic E-state index is -0.678. The van der Waals surface area contributed by atoms with Crippen molar-refractivity contribution in [3.05, 3.63) is 98.9 Å². The maximum atomic E-state index is 13.7. The van der Waals surface area contributed by atoms with E-state index in [-0.39, 0.29) is 29.6 Å². The van der Waals surface area contributed by atoms with E-state index in [1.807, 2.05) is 12.3 Å². The van der Waals surface area contributed by atoms with Gasteiger partial charge in [0.2, 0.25) is 11.8 Å². The van der Waals surface area contributed by atoms with Crippen LogP contribution in [0.4, 0.5) is 0 Å². The van der Waals surface area contributed by atoms with Gasteiger partial charge in [0.15, 0.2) is 0 Å². The molecule has 1 spiro atoms. The molecule has 2 aromatic carbocycles. The quantitative estimate of drug-likeness (QED) is 0.104. The van der Waals surface area contributed by atoms with E-state index in [1.54, 1.807) is 11.9 Å². The normalized spacial score (nSPS) is 19.3. The third-order valence-corrected chi connectivity index (χ3v) is 14.6. The molecule has 1 aromatic heterocycles. The number of rotatable bonds is 17. The highest BCUT2D eigenvalue weighted by Gasteiger charge is 2.40. The van der Waals surface area contributed by atoms with Gasteiger partial charge in [-0.1, -0.05) is 63.5 Å². The molecule has 3 aromatic rings. The van der Waals surface area contributed by atoms with Gasteiger partial charge in [-0.25, -0.2) is 0 Å². The first-order valence-corrected chi connectivity index (χ1v) is 23.4. The van der Waals surface area contributed by atoms with E-state index in [1.165, 1.54) is 33.4 Å². The second-order valence-electron chi connectivity index (χ2n) is 18.3. The third-order valence-electron chi connectivity index (χ3n) is 14.6. The van der Waals surface area contributed by atoms with E-state index >= 15 is 0 Å². The lowest BCUT2D eigenvalue weighted by Gasteiger charge is -2.47. The largest absolute Gasteiger partial charge is 0.372 e. The van der Waals surface area contributed by atoms with Gasteiger partial charge in [0.1, 0.15) is 12.3 Å². The van der Waals surface area contributed by atoms with Crippen LogP contribution in [-0.2, 0) is 40.4 Å². The van der Waals surface area contributed by atoms with Crippen LogP contribution in [0.1, 0.15) is 143 Å². The Hall–Kier alpha value is -5.03. The smallest absolute Gasteiger partial charge is 0.255 e. The van der Waals surface area contributed by atoms with Crippen LogP contribution in [0.3, 0.4) is 0 Å². The summed E-state index contributed by atoms with van der Waals surface area (Å²) in [6, 6.07) is 7.93. The molecule has 62 heavy (non-hydrogen) atoms. The zero-order valence-electron chi connectivity index (χ0n) is 38.2. The number of carbonyl (C=O) groups is 4. The van der Waals surface area contributed by atoms with E-state index in [9.17, 15) is 19.2 Å². The number of nitrogens with one attached hydrogen (secondary N) is 2. The first-order chi connectivity index (χ1) is 30.1. The maximum absolute atomic E-state index is 13.7. The minimum Gasteiger partial charge on any atom is -0.372 e. The number of nitrogens with zero attached hydrogens (tertiary/aromatic N) is 5. The second-order valence-corrected chi connectivity index (χ2v) is 18.3. The zero-order chi connectivity index (χ0) is 44.0. The summed E-state index contributed by atoms with van der Waals surface area (Å²) in [6.07, 6.45) is 20.2. The topological polar surface area (TPSA) is 122 Å². The molecule has 4 aliphatic rings. The Kier molecular flexibility index (Phi) is 14.5. The van der Waals surface area contributed by atoms with Crippen molar-refractivity contribution in [2.24, 2.45) is 5.41 Å². The number of aromatic nitrogens is 2. The number of allylic oxidation sites excluding steroid dienone is 5. The van der Waals surface area contributed by atoms with E-state index in [0.29, 0.717) is 44.1 Å². The van der Waals surface area contributed by atoms with E-state index in [0.717, 1.165) is 112 Å². The lowest BCUT2D eigenvalue weighted by atomic mass is 9.71. The van der Waals surface area contributed by atoms with E-state index in [4.69, 9.17) is 0 Å². The summed E-state index contributed by atoms with van der Waals surface area (Å²) in [4.78, 5) is 59.3. The number of aromatic amines is 1. The number of fused-ring (bicyclic) bond motifs is 3. The van der Waals surface area contributed by atoms with Crippen LogP contribution in [0.25, 0.3) is 10.9 Å². The second kappa shape index (κ2) is 20.0. The fraction of sp³-hybridized carbons (Fsp3) is 0.549. The molecule has 2 N–H and O–H groups in total. The van der Waals surface area contributed by atoms with Crippen LogP contribution in [0, 0.1) is 5.41 Å². The molecule has 0 radical (unpaired) electrons. The number of hydrogen-bond donors (Lipinski definition) is 2. The van der Waals surface area contributed by atoms with Gasteiger partial charge in [-0.05, 0) is 122 Å². The Morgan fingerprint density at radius 3 is 2.27 bits per heavy atom. The van der Waals surface area contributed by atoms with Crippen molar-refractivity contribution in [2.75, 3.05) is 39.8 Å². The molecule has 0 saturated carbocycles. The van der Waals surface area contributed by atoms with Crippen LogP contribution in [0.5, 0.6) is 0 Å².